The molecule has 0 spiro atoms. The Morgan fingerprint density at radius 2 is 1.70 bits per heavy atom. The van der Waals surface area contributed by atoms with Crippen LogP contribution in [-0.2, 0) is 12.8 Å². The van der Waals surface area contributed by atoms with Gasteiger partial charge in [0.2, 0.25) is 0 Å². The first-order valence-corrected chi connectivity index (χ1v) is 6.71. The largest absolute Gasteiger partial charge is 0.325 e. The predicted octanol–water partition coefficient (Wildman–Crippen LogP) is 4.12. The molecule has 0 saturated carbocycles. The molecular weight excluding hydrogens is 280 g/mol. The van der Waals surface area contributed by atoms with Crippen molar-refractivity contribution < 1.29 is 8.78 Å². The monoisotopic (exact) mass is 295 g/mol. The summed E-state index contributed by atoms with van der Waals surface area (Å²) in [5.74, 6) is -0.638. The fourth-order valence-electron chi connectivity index (χ4n) is 2.25. The predicted molar refractivity (Wildman–Crippen MR) is 77.8 cm³/mol. The zero-order valence-electron chi connectivity index (χ0n) is 11.2. The highest BCUT2D eigenvalue weighted by Gasteiger charge is 2.22. The van der Waals surface area contributed by atoms with Gasteiger partial charge in [0.1, 0.15) is 11.6 Å². The Labute approximate surface area is 122 Å². The number of hydrogen-bond acceptors (Lipinski definition) is 1. The molecule has 2 rings (SSSR count). The summed E-state index contributed by atoms with van der Waals surface area (Å²) < 4.78 is 26.9. The minimum Gasteiger partial charge on any atom is -0.325 e. The van der Waals surface area contributed by atoms with Crippen LogP contribution in [0.1, 0.15) is 18.1 Å². The molecule has 2 aromatic carbocycles. The first-order chi connectivity index (χ1) is 9.37. The van der Waals surface area contributed by atoms with Crippen molar-refractivity contribution in [3.63, 3.8) is 0 Å². The summed E-state index contributed by atoms with van der Waals surface area (Å²) in [6.07, 6.45) is 0.727. The normalized spacial score (nSPS) is 14.1. The molecular formula is C16H16ClF2N. The van der Waals surface area contributed by atoms with Crippen molar-refractivity contribution in [2.24, 2.45) is 5.73 Å². The van der Waals surface area contributed by atoms with Crippen LogP contribution in [0.15, 0.2) is 42.5 Å². The molecule has 0 aliphatic carbocycles. The van der Waals surface area contributed by atoms with Crippen molar-refractivity contribution in [2.45, 2.75) is 25.3 Å². The summed E-state index contributed by atoms with van der Waals surface area (Å²) >= 11 is 6.04. The molecule has 0 heterocycles. The summed E-state index contributed by atoms with van der Waals surface area (Å²) in [5, 5.41) is 0.469. The minimum absolute atomic E-state index is 0.283. The Hall–Kier alpha value is -1.45. The number of benzene rings is 2. The van der Waals surface area contributed by atoms with E-state index in [-0.39, 0.29) is 11.6 Å². The van der Waals surface area contributed by atoms with Gasteiger partial charge < -0.3 is 5.73 Å². The van der Waals surface area contributed by atoms with E-state index < -0.39 is 5.54 Å². The van der Waals surface area contributed by atoms with E-state index in [0.29, 0.717) is 29.0 Å². The van der Waals surface area contributed by atoms with Crippen LogP contribution in [0.5, 0.6) is 0 Å². The lowest BCUT2D eigenvalue weighted by atomic mass is 9.87. The Morgan fingerprint density at radius 3 is 2.40 bits per heavy atom. The van der Waals surface area contributed by atoms with E-state index in [1.54, 1.807) is 25.1 Å². The van der Waals surface area contributed by atoms with Crippen molar-refractivity contribution in [1.29, 1.82) is 0 Å². The maximum absolute atomic E-state index is 13.7. The van der Waals surface area contributed by atoms with E-state index in [0.717, 1.165) is 0 Å². The molecule has 106 valence electrons. The molecule has 20 heavy (non-hydrogen) atoms. The van der Waals surface area contributed by atoms with Gasteiger partial charge in [-0.15, -0.1) is 0 Å². The van der Waals surface area contributed by atoms with Gasteiger partial charge >= 0.3 is 0 Å². The van der Waals surface area contributed by atoms with Crippen LogP contribution < -0.4 is 5.73 Å². The van der Waals surface area contributed by atoms with Crippen LogP contribution >= 0.6 is 11.6 Å². The lowest BCUT2D eigenvalue weighted by Gasteiger charge is -2.25. The molecule has 2 N–H and O–H groups in total. The molecule has 0 amide bonds. The van der Waals surface area contributed by atoms with Gasteiger partial charge in [0.25, 0.3) is 0 Å². The Bertz CT molecular complexity index is 611. The number of hydrogen-bond donors (Lipinski definition) is 1. The maximum Gasteiger partial charge on any atom is 0.126 e. The highest BCUT2D eigenvalue weighted by Crippen LogP contribution is 2.24. The average molecular weight is 296 g/mol. The molecule has 1 atom stereocenters. The third-order valence-electron chi connectivity index (χ3n) is 3.15. The maximum atomic E-state index is 13.7. The fourth-order valence-corrected chi connectivity index (χ4v) is 2.44. The third-order valence-corrected chi connectivity index (χ3v) is 3.52. The topological polar surface area (TPSA) is 26.0 Å². The van der Waals surface area contributed by atoms with E-state index >= 15 is 0 Å². The van der Waals surface area contributed by atoms with E-state index in [2.05, 4.69) is 0 Å². The SMILES string of the molecule is CC(N)(Cc1ccccc1F)Cc1cc(F)ccc1Cl. The van der Waals surface area contributed by atoms with Gasteiger partial charge in [-0.2, -0.15) is 0 Å². The number of rotatable bonds is 4. The summed E-state index contributed by atoms with van der Waals surface area (Å²) in [7, 11) is 0. The second-order valence-electron chi connectivity index (χ2n) is 5.33. The molecule has 0 saturated heterocycles. The van der Waals surface area contributed by atoms with Crippen molar-refractivity contribution in [3.05, 3.63) is 70.2 Å². The van der Waals surface area contributed by atoms with E-state index in [4.69, 9.17) is 17.3 Å². The van der Waals surface area contributed by atoms with Gasteiger partial charge in [-0.1, -0.05) is 29.8 Å². The van der Waals surface area contributed by atoms with Crippen LogP contribution in [-0.4, -0.2) is 5.54 Å². The smallest absolute Gasteiger partial charge is 0.126 e. The zero-order valence-corrected chi connectivity index (χ0v) is 11.9. The zero-order chi connectivity index (χ0) is 14.8. The van der Waals surface area contributed by atoms with Crippen LogP contribution in [0.3, 0.4) is 0 Å². The van der Waals surface area contributed by atoms with Crippen LogP contribution in [0.25, 0.3) is 0 Å². The summed E-state index contributed by atoms with van der Waals surface area (Å²) in [6, 6.07) is 10.7. The Morgan fingerprint density at radius 1 is 1.05 bits per heavy atom. The molecule has 0 bridgehead atoms. The lowest BCUT2D eigenvalue weighted by Crippen LogP contribution is -2.41. The lowest BCUT2D eigenvalue weighted by molar-refractivity contribution is 0.450. The second-order valence-corrected chi connectivity index (χ2v) is 5.74. The minimum atomic E-state index is -0.709. The first kappa shape index (κ1) is 14.9. The summed E-state index contributed by atoms with van der Waals surface area (Å²) in [5.41, 5.74) is 6.69. The highest BCUT2D eigenvalue weighted by atomic mass is 35.5. The molecule has 0 aliphatic rings. The van der Waals surface area contributed by atoms with Crippen molar-refractivity contribution in [1.82, 2.24) is 0 Å². The number of nitrogens with two attached hydrogens (primary N) is 1. The number of halogens is 3. The van der Waals surface area contributed by atoms with Gasteiger partial charge in [0.15, 0.2) is 0 Å². The summed E-state index contributed by atoms with van der Waals surface area (Å²) in [4.78, 5) is 0. The van der Waals surface area contributed by atoms with Gasteiger partial charge in [-0.05, 0) is 55.2 Å². The molecule has 0 radical (unpaired) electrons. The van der Waals surface area contributed by atoms with E-state index in [1.165, 1.54) is 24.3 Å². The molecule has 0 aliphatic heterocycles. The highest BCUT2D eigenvalue weighted by molar-refractivity contribution is 6.31. The molecule has 2 aromatic rings. The summed E-state index contributed by atoms with van der Waals surface area (Å²) in [6.45, 7) is 1.81. The van der Waals surface area contributed by atoms with Gasteiger partial charge in [-0.3, -0.25) is 0 Å². The van der Waals surface area contributed by atoms with Crippen molar-refractivity contribution >= 4 is 11.6 Å². The van der Waals surface area contributed by atoms with Gasteiger partial charge in [0, 0.05) is 10.6 Å². The van der Waals surface area contributed by atoms with Crippen molar-refractivity contribution in [2.75, 3.05) is 0 Å². The molecule has 0 aromatic heterocycles. The Balaban J connectivity index is 2.19. The molecule has 0 fully saturated rings. The van der Waals surface area contributed by atoms with Gasteiger partial charge in [0.05, 0.1) is 0 Å². The van der Waals surface area contributed by atoms with Crippen LogP contribution in [0.2, 0.25) is 5.02 Å². The second kappa shape index (κ2) is 5.90. The molecule has 1 unspecified atom stereocenters. The first-order valence-electron chi connectivity index (χ1n) is 6.34. The third kappa shape index (κ3) is 3.78. The quantitative estimate of drug-likeness (QED) is 0.902. The molecule has 4 heteroatoms. The van der Waals surface area contributed by atoms with E-state index in [1.807, 2.05) is 0 Å². The van der Waals surface area contributed by atoms with E-state index in [9.17, 15) is 8.78 Å². The van der Waals surface area contributed by atoms with Crippen molar-refractivity contribution in [3.8, 4) is 0 Å². The van der Waals surface area contributed by atoms with Crippen LogP contribution in [0.4, 0.5) is 8.78 Å². The average Bonchev–Trinajstić information content (AvgIpc) is 2.36. The fraction of sp³-hybridized carbons (Fsp3) is 0.250. The van der Waals surface area contributed by atoms with Crippen LogP contribution in [0, 0.1) is 11.6 Å². The standard InChI is InChI=1S/C16H16ClF2N/c1-16(20,9-11-4-2-3-5-15(11)19)10-12-8-13(18)6-7-14(12)17/h2-8H,9-10,20H2,1H3. The Kier molecular flexibility index (Phi) is 4.41. The molecule has 1 nitrogen and oxygen atoms in total. The van der Waals surface area contributed by atoms with Gasteiger partial charge in [-0.25, -0.2) is 8.78 Å².